The first-order chi connectivity index (χ1) is 16.2. The number of carbonyl (C=O) groups excluding carboxylic acids is 1. The van der Waals surface area contributed by atoms with Gasteiger partial charge in [-0.15, -0.1) is 11.3 Å². The molecule has 3 N–H and O–H groups in total. The normalized spacial score (nSPS) is 18.1. The first-order valence-corrected chi connectivity index (χ1v) is 11.0. The number of halogens is 3. The SMILES string of the molecule is COc1c(C2CCOC2C(F)(F)F)nn(C(=O)c2cscn2)c1OCc1ccc(C(=N)N)cc1. The highest BCUT2D eigenvalue weighted by Gasteiger charge is 2.51. The van der Waals surface area contributed by atoms with E-state index in [4.69, 9.17) is 25.4 Å². The van der Waals surface area contributed by atoms with Gasteiger partial charge in [0.2, 0.25) is 5.75 Å². The van der Waals surface area contributed by atoms with Gasteiger partial charge >= 0.3 is 12.1 Å². The second kappa shape index (κ2) is 9.43. The minimum Gasteiger partial charge on any atom is -0.490 e. The van der Waals surface area contributed by atoms with Gasteiger partial charge in [0.25, 0.3) is 5.88 Å². The average molecular weight is 495 g/mol. The minimum atomic E-state index is -4.62. The molecule has 3 heterocycles. The Labute approximate surface area is 195 Å². The van der Waals surface area contributed by atoms with Crippen LogP contribution in [0.3, 0.4) is 0 Å². The molecular formula is C21H20F3N5O4S. The maximum Gasteiger partial charge on any atom is 0.415 e. The molecule has 2 unspecified atom stereocenters. The van der Waals surface area contributed by atoms with Crippen molar-refractivity contribution in [2.45, 2.75) is 31.2 Å². The lowest BCUT2D eigenvalue weighted by Gasteiger charge is -2.20. The van der Waals surface area contributed by atoms with Gasteiger partial charge in [-0.3, -0.25) is 10.2 Å². The molecule has 1 aliphatic rings. The molecule has 13 heteroatoms. The molecule has 1 saturated heterocycles. The predicted molar refractivity (Wildman–Crippen MR) is 116 cm³/mol. The molecule has 2 aromatic heterocycles. The van der Waals surface area contributed by atoms with Crippen molar-refractivity contribution < 1.29 is 32.2 Å². The van der Waals surface area contributed by atoms with Crippen LogP contribution in [-0.2, 0) is 11.3 Å². The van der Waals surface area contributed by atoms with Gasteiger partial charge < -0.3 is 19.9 Å². The standard InChI is InChI=1S/C21H20F3N5O4S/c1-31-16-15(13-6-7-32-17(13)21(22,23)24)28-29(19(30)14-9-34-10-27-14)20(16)33-8-11-2-4-12(5-3-11)18(25)26/h2-5,9-10,13,17H,6-8H2,1H3,(H3,25,26). The molecule has 0 bridgehead atoms. The van der Waals surface area contributed by atoms with E-state index < -0.39 is 24.1 Å². The number of methoxy groups -OCH3 is 1. The molecule has 0 amide bonds. The number of nitrogens with zero attached hydrogens (tertiary/aromatic N) is 3. The Balaban J connectivity index is 1.72. The monoisotopic (exact) mass is 495 g/mol. The van der Waals surface area contributed by atoms with E-state index in [2.05, 4.69) is 10.1 Å². The molecule has 9 nitrogen and oxygen atoms in total. The van der Waals surface area contributed by atoms with Crippen LogP contribution in [0, 0.1) is 5.41 Å². The Bertz CT molecular complexity index is 1180. The lowest BCUT2D eigenvalue weighted by molar-refractivity contribution is -0.210. The number of nitrogen functional groups attached to an aromatic ring is 1. The molecule has 0 saturated carbocycles. The van der Waals surface area contributed by atoms with E-state index in [1.54, 1.807) is 24.3 Å². The van der Waals surface area contributed by atoms with Crippen LogP contribution in [0.2, 0.25) is 0 Å². The van der Waals surface area contributed by atoms with Gasteiger partial charge in [-0.1, -0.05) is 24.3 Å². The lowest BCUT2D eigenvalue weighted by Crippen LogP contribution is -2.33. The predicted octanol–water partition coefficient (Wildman–Crippen LogP) is 3.33. The second-order valence-electron chi connectivity index (χ2n) is 7.44. The van der Waals surface area contributed by atoms with Crippen LogP contribution in [0.1, 0.15) is 39.6 Å². The summed E-state index contributed by atoms with van der Waals surface area (Å²) in [7, 11) is 1.27. The highest BCUT2D eigenvalue weighted by atomic mass is 32.1. The van der Waals surface area contributed by atoms with E-state index in [1.807, 2.05) is 0 Å². The van der Waals surface area contributed by atoms with Crippen molar-refractivity contribution >= 4 is 23.1 Å². The van der Waals surface area contributed by atoms with Crippen LogP contribution in [-0.4, -0.2) is 52.5 Å². The zero-order chi connectivity index (χ0) is 24.5. The molecule has 34 heavy (non-hydrogen) atoms. The molecule has 0 aliphatic carbocycles. The second-order valence-corrected chi connectivity index (χ2v) is 8.16. The van der Waals surface area contributed by atoms with E-state index >= 15 is 0 Å². The smallest absolute Gasteiger partial charge is 0.415 e. The highest BCUT2D eigenvalue weighted by Crippen LogP contribution is 2.46. The van der Waals surface area contributed by atoms with E-state index in [1.165, 1.54) is 29.3 Å². The first kappa shape index (κ1) is 23.7. The summed E-state index contributed by atoms with van der Waals surface area (Å²) in [5.74, 6) is -2.15. The van der Waals surface area contributed by atoms with Gasteiger partial charge in [0.05, 0.1) is 12.6 Å². The summed E-state index contributed by atoms with van der Waals surface area (Å²) in [4.78, 5) is 17.0. The number of ether oxygens (including phenoxy) is 3. The van der Waals surface area contributed by atoms with Gasteiger partial charge in [0, 0.05) is 23.5 Å². The minimum absolute atomic E-state index is 0.0477. The fourth-order valence-corrected chi connectivity index (χ4v) is 4.18. The van der Waals surface area contributed by atoms with Gasteiger partial charge in [-0.05, 0) is 12.0 Å². The van der Waals surface area contributed by atoms with E-state index in [9.17, 15) is 18.0 Å². The fraction of sp³-hybridized carbons (Fsp3) is 0.333. The van der Waals surface area contributed by atoms with Crippen molar-refractivity contribution in [1.29, 1.82) is 5.41 Å². The van der Waals surface area contributed by atoms with Crippen molar-refractivity contribution in [3.8, 4) is 11.6 Å². The number of hydrogen-bond acceptors (Lipinski definition) is 8. The van der Waals surface area contributed by atoms with Crippen molar-refractivity contribution in [3.05, 3.63) is 57.7 Å². The summed E-state index contributed by atoms with van der Waals surface area (Å²) in [6.07, 6.45) is -6.64. The number of carbonyl (C=O) groups is 1. The lowest BCUT2D eigenvalue weighted by atomic mass is 9.96. The van der Waals surface area contributed by atoms with E-state index in [0.29, 0.717) is 11.1 Å². The molecule has 1 aliphatic heterocycles. The summed E-state index contributed by atoms with van der Waals surface area (Å²) in [6.45, 7) is -0.155. The summed E-state index contributed by atoms with van der Waals surface area (Å²) in [6, 6.07) is 6.62. The number of aromatic nitrogens is 3. The summed E-state index contributed by atoms with van der Waals surface area (Å²) < 4.78 is 57.7. The van der Waals surface area contributed by atoms with Crippen LogP contribution in [0.4, 0.5) is 13.2 Å². The Kier molecular flexibility index (Phi) is 6.57. The van der Waals surface area contributed by atoms with Gasteiger partial charge in [0.15, 0.2) is 6.10 Å². The zero-order valence-electron chi connectivity index (χ0n) is 17.8. The Morgan fingerprint density at radius 2 is 2.09 bits per heavy atom. The van der Waals surface area contributed by atoms with Gasteiger partial charge in [-0.2, -0.15) is 23.0 Å². The number of alkyl halides is 3. The van der Waals surface area contributed by atoms with Crippen molar-refractivity contribution in [1.82, 2.24) is 14.8 Å². The summed E-state index contributed by atoms with van der Waals surface area (Å²) >= 11 is 1.19. The topological polar surface area (TPSA) is 125 Å². The molecule has 180 valence electrons. The number of amidine groups is 1. The highest BCUT2D eigenvalue weighted by molar-refractivity contribution is 7.07. The Morgan fingerprint density at radius 3 is 2.68 bits per heavy atom. The zero-order valence-corrected chi connectivity index (χ0v) is 18.7. The third kappa shape index (κ3) is 4.61. The number of rotatable bonds is 7. The quantitative estimate of drug-likeness (QED) is 0.380. The summed E-state index contributed by atoms with van der Waals surface area (Å²) in [5, 5.41) is 13.2. The number of thiazole rings is 1. The van der Waals surface area contributed by atoms with Crippen molar-refractivity contribution in [2.24, 2.45) is 5.73 Å². The first-order valence-electron chi connectivity index (χ1n) is 10.0. The van der Waals surface area contributed by atoms with Crippen LogP contribution < -0.4 is 15.2 Å². The maximum atomic E-state index is 13.5. The van der Waals surface area contributed by atoms with Crippen LogP contribution in [0.5, 0.6) is 11.6 Å². The molecule has 0 radical (unpaired) electrons. The fourth-order valence-electron chi connectivity index (χ4n) is 3.65. The number of benzene rings is 1. The van der Waals surface area contributed by atoms with E-state index in [-0.39, 0.29) is 48.5 Å². The van der Waals surface area contributed by atoms with Crippen LogP contribution in [0.25, 0.3) is 0 Å². The molecule has 0 spiro atoms. The largest absolute Gasteiger partial charge is 0.490 e. The maximum absolute atomic E-state index is 13.5. The molecule has 2 atom stereocenters. The number of nitrogens with two attached hydrogens (primary N) is 1. The molecule has 1 fully saturated rings. The third-order valence-corrected chi connectivity index (χ3v) is 5.87. The third-order valence-electron chi connectivity index (χ3n) is 5.28. The van der Waals surface area contributed by atoms with Crippen molar-refractivity contribution in [3.63, 3.8) is 0 Å². The average Bonchev–Trinajstić information content (AvgIpc) is 3.56. The van der Waals surface area contributed by atoms with Crippen LogP contribution >= 0.6 is 11.3 Å². The molecule has 1 aromatic carbocycles. The van der Waals surface area contributed by atoms with Gasteiger partial charge in [0.1, 0.15) is 23.8 Å². The van der Waals surface area contributed by atoms with Crippen molar-refractivity contribution in [2.75, 3.05) is 13.7 Å². The van der Waals surface area contributed by atoms with Gasteiger partial charge in [-0.25, -0.2) is 4.98 Å². The number of nitrogens with one attached hydrogen (secondary N) is 1. The summed E-state index contributed by atoms with van der Waals surface area (Å²) in [5.41, 5.74) is 8.09. The Hall–Kier alpha value is -3.45. The van der Waals surface area contributed by atoms with Crippen LogP contribution in [0.15, 0.2) is 35.2 Å². The molecule has 4 rings (SSSR count). The Morgan fingerprint density at radius 1 is 1.35 bits per heavy atom. The number of hydrogen-bond donors (Lipinski definition) is 2. The molecular weight excluding hydrogens is 475 g/mol. The van der Waals surface area contributed by atoms with E-state index in [0.717, 1.165) is 4.68 Å². The molecule has 3 aromatic rings.